The summed E-state index contributed by atoms with van der Waals surface area (Å²) in [6.45, 7) is 4.81. The van der Waals surface area contributed by atoms with Gasteiger partial charge in [0.25, 0.3) is 0 Å². The first-order valence-electron chi connectivity index (χ1n) is 18.5. The number of benzene rings is 4. The molecule has 1 aliphatic rings. The molecule has 282 valence electrons. The van der Waals surface area contributed by atoms with Crippen LogP contribution in [0.3, 0.4) is 0 Å². The van der Waals surface area contributed by atoms with Crippen LogP contribution < -0.4 is 5.32 Å². The van der Waals surface area contributed by atoms with Crippen molar-refractivity contribution in [1.29, 1.82) is 0 Å². The molecule has 0 aromatic heterocycles. The summed E-state index contributed by atoms with van der Waals surface area (Å²) in [6.07, 6.45) is -1.25. The molecule has 1 N–H and O–H groups in total. The maximum Gasteiger partial charge on any atom is 0.220 e. The highest BCUT2D eigenvalue weighted by Gasteiger charge is 2.49. The number of nitrogens with one attached hydrogen (secondary N) is 1. The molecule has 4 aromatic carbocycles. The molecule has 1 aliphatic heterocycles. The van der Waals surface area contributed by atoms with Gasteiger partial charge in [0.1, 0.15) is 30.6 Å². The van der Waals surface area contributed by atoms with Gasteiger partial charge in [-0.3, -0.25) is 4.79 Å². The minimum absolute atomic E-state index is 0.159. The maximum atomic E-state index is 15.6. The molecule has 8 nitrogen and oxygen atoms in total. The Balaban J connectivity index is 1.47. The van der Waals surface area contributed by atoms with Crippen molar-refractivity contribution in [3.8, 4) is 0 Å². The zero-order valence-electron chi connectivity index (χ0n) is 30.6. The minimum atomic E-state index is -1.48. The first-order valence-corrected chi connectivity index (χ1v) is 18.5. The lowest BCUT2D eigenvalue weighted by atomic mass is 9.97. The lowest BCUT2D eigenvalue weighted by Crippen LogP contribution is -2.62. The van der Waals surface area contributed by atoms with Gasteiger partial charge in [-0.05, 0) is 28.7 Å². The van der Waals surface area contributed by atoms with Crippen LogP contribution in [0, 0.1) is 0 Å². The van der Waals surface area contributed by atoms with Crippen LogP contribution in [0.4, 0.5) is 4.39 Å². The van der Waals surface area contributed by atoms with Gasteiger partial charge in [0.05, 0.1) is 45.7 Å². The molecule has 2 unspecified atom stereocenters. The number of rotatable bonds is 21. The molecule has 53 heavy (non-hydrogen) atoms. The third-order valence-corrected chi connectivity index (χ3v) is 8.89. The van der Waals surface area contributed by atoms with Gasteiger partial charge in [0.15, 0.2) is 6.29 Å². The van der Waals surface area contributed by atoms with Crippen LogP contribution in [0.15, 0.2) is 133 Å². The third-order valence-electron chi connectivity index (χ3n) is 8.89. The first kappa shape index (κ1) is 40.0. The Morgan fingerprint density at radius 2 is 1.15 bits per heavy atom. The van der Waals surface area contributed by atoms with E-state index >= 15 is 4.39 Å². The zero-order valence-corrected chi connectivity index (χ0v) is 30.6. The van der Waals surface area contributed by atoms with E-state index in [1.54, 1.807) is 13.0 Å². The van der Waals surface area contributed by atoms with E-state index in [9.17, 15) is 4.79 Å². The van der Waals surface area contributed by atoms with Crippen molar-refractivity contribution in [2.24, 2.45) is 0 Å². The van der Waals surface area contributed by atoms with Crippen molar-refractivity contribution < 1.29 is 37.6 Å². The highest BCUT2D eigenvalue weighted by atomic mass is 19.1. The number of halogens is 1. The summed E-state index contributed by atoms with van der Waals surface area (Å²) in [4.78, 5) is 12.5. The smallest absolute Gasteiger partial charge is 0.220 e. The summed E-state index contributed by atoms with van der Waals surface area (Å²) < 4.78 is 55.1. The molecule has 1 fully saturated rings. The molecule has 5 rings (SSSR count). The lowest BCUT2D eigenvalue weighted by Gasteiger charge is -2.46. The van der Waals surface area contributed by atoms with Crippen LogP contribution in [-0.2, 0) is 59.6 Å². The fraction of sp³-hybridized carbons (Fsp3) is 0.386. The fourth-order valence-corrected chi connectivity index (χ4v) is 6.00. The normalized spacial score (nSPS) is 21.3. The van der Waals surface area contributed by atoms with Gasteiger partial charge >= 0.3 is 0 Å². The maximum absolute atomic E-state index is 15.6. The van der Waals surface area contributed by atoms with Crippen molar-refractivity contribution >= 4 is 5.91 Å². The Morgan fingerprint density at radius 3 is 1.64 bits per heavy atom. The van der Waals surface area contributed by atoms with Gasteiger partial charge in [0, 0.05) is 6.42 Å². The second kappa shape index (κ2) is 22.1. The van der Waals surface area contributed by atoms with E-state index in [1.165, 1.54) is 6.08 Å². The molecule has 0 spiro atoms. The number of allylic oxidation sites excluding steroid dienone is 1. The minimum Gasteiger partial charge on any atom is -0.374 e. The second-order valence-corrected chi connectivity index (χ2v) is 13.0. The van der Waals surface area contributed by atoms with Crippen molar-refractivity contribution in [2.45, 2.75) is 96.0 Å². The average molecular weight is 726 g/mol. The van der Waals surface area contributed by atoms with Gasteiger partial charge in [-0.2, -0.15) is 0 Å². The van der Waals surface area contributed by atoms with Crippen molar-refractivity contribution in [3.63, 3.8) is 0 Å². The van der Waals surface area contributed by atoms with E-state index in [0.29, 0.717) is 19.6 Å². The van der Waals surface area contributed by atoms with E-state index in [0.717, 1.165) is 22.3 Å². The Hall–Kier alpha value is -4.22. The monoisotopic (exact) mass is 725 g/mol. The number of amides is 1. The number of carbonyl (C=O) groups excluding carboxylic acids is 1. The molecule has 1 saturated heterocycles. The summed E-state index contributed by atoms with van der Waals surface area (Å²) in [7, 11) is 0. The molecule has 1 amide bonds. The zero-order chi connectivity index (χ0) is 37.1. The van der Waals surface area contributed by atoms with Gasteiger partial charge in [-0.1, -0.05) is 147 Å². The predicted octanol–water partition coefficient (Wildman–Crippen LogP) is 7.90. The van der Waals surface area contributed by atoms with Gasteiger partial charge in [-0.15, -0.1) is 0 Å². The predicted molar refractivity (Wildman–Crippen MR) is 202 cm³/mol. The molecule has 7 atom stereocenters. The molecule has 0 aliphatic carbocycles. The Kier molecular flexibility index (Phi) is 16.7. The standard InChI is InChI=1S/C44H52FNO7/c1-3-5-26-37(45)38(46-40(47)4-2)31-52-44-43(51-30-36-24-16-9-17-25-36)42(50-29-35-22-14-8-15-23-35)41(49-28-34-20-12-7-13-21-34)39(53-44)32-48-27-33-18-10-6-11-19-33/h5-26,37-39,41-44H,3-4,27-32H2,1-2H3,(H,46,47)/b26-5+/t37-,38+,39?,41+,42?,43+,44+/m1/s1. The van der Waals surface area contributed by atoms with Gasteiger partial charge < -0.3 is 33.7 Å². The van der Waals surface area contributed by atoms with Crippen LogP contribution >= 0.6 is 0 Å². The molecule has 0 radical (unpaired) electrons. The number of alkyl halides is 1. The molecule has 9 heteroatoms. The first-order chi connectivity index (χ1) is 26.0. The molecular weight excluding hydrogens is 673 g/mol. The van der Waals surface area contributed by atoms with Crippen LogP contribution in [0.2, 0.25) is 0 Å². The summed E-state index contributed by atoms with van der Waals surface area (Å²) >= 11 is 0. The van der Waals surface area contributed by atoms with E-state index in [2.05, 4.69) is 5.32 Å². The van der Waals surface area contributed by atoms with Crippen LogP contribution in [0.1, 0.15) is 48.9 Å². The fourth-order valence-electron chi connectivity index (χ4n) is 6.00. The number of hydrogen-bond acceptors (Lipinski definition) is 7. The Bertz CT molecular complexity index is 1610. The van der Waals surface area contributed by atoms with Gasteiger partial charge in [-0.25, -0.2) is 4.39 Å². The highest BCUT2D eigenvalue weighted by Crippen LogP contribution is 2.32. The van der Waals surface area contributed by atoms with Crippen molar-refractivity contribution in [2.75, 3.05) is 13.2 Å². The van der Waals surface area contributed by atoms with E-state index in [4.69, 9.17) is 28.4 Å². The summed E-state index contributed by atoms with van der Waals surface area (Å²) in [5.74, 6) is -0.279. The largest absolute Gasteiger partial charge is 0.374 e. The van der Waals surface area contributed by atoms with E-state index in [-0.39, 0.29) is 38.8 Å². The van der Waals surface area contributed by atoms with Crippen LogP contribution in [-0.4, -0.2) is 62.0 Å². The molecule has 0 bridgehead atoms. The Morgan fingerprint density at radius 1 is 0.679 bits per heavy atom. The number of ether oxygens (including phenoxy) is 6. The number of carbonyl (C=O) groups is 1. The second-order valence-electron chi connectivity index (χ2n) is 13.0. The lowest BCUT2D eigenvalue weighted by molar-refractivity contribution is -0.329. The molecule has 4 aromatic rings. The summed E-state index contributed by atoms with van der Waals surface area (Å²) in [5.41, 5.74) is 3.93. The quantitative estimate of drug-likeness (QED) is 0.0875. The molecule has 1 heterocycles. The van der Waals surface area contributed by atoms with Crippen molar-refractivity contribution in [3.05, 3.63) is 156 Å². The SMILES string of the molecule is CC/C=C/[C@@H](F)[C@H](CO[C@H]1OC(COCc2ccccc2)[C@H](OCc2ccccc2)C(OCc2ccccc2)[C@@H]1OCc1ccccc1)NC(=O)CC. The molecular formula is C44H52FNO7. The van der Waals surface area contributed by atoms with Crippen molar-refractivity contribution in [1.82, 2.24) is 5.32 Å². The van der Waals surface area contributed by atoms with Crippen LogP contribution in [0.5, 0.6) is 0 Å². The third kappa shape index (κ3) is 13.0. The molecule has 0 saturated carbocycles. The van der Waals surface area contributed by atoms with Crippen LogP contribution in [0.25, 0.3) is 0 Å². The summed E-state index contributed by atoms with van der Waals surface area (Å²) in [6, 6.07) is 38.6. The Labute approximate surface area is 313 Å². The van der Waals surface area contributed by atoms with E-state index in [1.807, 2.05) is 128 Å². The topological polar surface area (TPSA) is 84.5 Å². The average Bonchev–Trinajstić information content (AvgIpc) is 3.21. The highest BCUT2D eigenvalue weighted by molar-refractivity contribution is 5.75. The van der Waals surface area contributed by atoms with E-state index < -0.39 is 42.9 Å². The summed E-state index contributed by atoms with van der Waals surface area (Å²) in [5, 5.41) is 2.79. The number of hydrogen-bond donors (Lipinski definition) is 1. The van der Waals surface area contributed by atoms with Gasteiger partial charge in [0.2, 0.25) is 5.91 Å².